The average Bonchev–Trinajstić information content (AvgIpc) is 3.12. The lowest BCUT2D eigenvalue weighted by Crippen LogP contribution is -2.24. The largest absolute Gasteiger partial charge is 0.394 e. The minimum Gasteiger partial charge on any atom is -0.394 e. The molecule has 0 aliphatic carbocycles. The predicted octanol–water partition coefficient (Wildman–Crippen LogP) is 3.42. The fraction of sp³-hybridized carbons (Fsp3) is 0.450. The first-order valence-corrected chi connectivity index (χ1v) is 9.63. The van der Waals surface area contributed by atoms with Crippen LogP contribution in [0.3, 0.4) is 0 Å². The van der Waals surface area contributed by atoms with Crippen LogP contribution in [-0.4, -0.2) is 37.3 Å². The van der Waals surface area contributed by atoms with Crippen LogP contribution in [-0.2, 0) is 13.1 Å². The van der Waals surface area contributed by atoms with Crippen LogP contribution in [0.15, 0.2) is 36.7 Å². The van der Waals surface area contributed by atoms with E-state index in [1.54, 1.807) is 0 Å². The van der Waals surface area contributed by atoms with Crippen LogP contribution in [0.2, 0.25) is 0 Å². The number of fused-ring (bicyclic) bond motifs is 1. The Morgan fingerprint density at radius 1 is 1.15 bits per heavy atom. The average molecular weight is 368 g/mol. The summed E-state index contributed by atoms with van der Waals surface area (Å²) in [5.74, 6) is 1.21. The van der Waals surface area contributed by atoms with E-state index in [1.165, 1.54) is 5.56 Å². The first kappa shape index (κ1) is 19.1. The maximum Gasteiger partial charge on any atom is 0.227 e. The van der Waals surface area contributed by atoms with Gasteiger partial charge >= 0.3 is 0 Å². The number of anilines is 2. The third-order valence-electron chi connectivity index (χ3n) is 4.57. The molecule has 1 unspecified atom stereocenters. The molecule has 7 nitrogen and oxygen atoms in total. The summed E-state index contributed by atoms with van der Waals surface area (Å²) in [6.45, 7) is 5.76. The third kappa shape index (κ3) is 4.74. The van der Waals surface area contributed by atoms with Crippen LogP contribution in [0.5, 0.6) is 0 Å². The van der Waals surface area contributed by atoms with Crippen LogP contribution < -0.4 is 10.6 Å². The van der Waals surface area contributed by atoms with Crippen molar-refractivity contribution in [2.45, 2.75) is 52.2 Å². The Labute approximate surface area is 159 Å². The van der Waals surface area contributed by atoms with Crippen molar-refractivity contribution in [3.63, 3.8) is 0 Å². The highest BCUT2D eigenvalue weighted by Crippen LogP contribution is 2.22. The zero-order valence-corrected chi connectivity index (χ0v) is 16.0. The molecule has 3 aromatic rings. The second-order valence-corrected chi connectivity index (χ2v) is 6.63. The van der Waals surface area contributed by atoms with E-state index in [1.807, 2.05) is 31.5 Å². The highest BCUT2D eigenvalue weighted by Gasteiger charge is 2.15. The number of aliphatic hydroxyl groups excluding tert-OH is 1. The summed E-state index contributed by atoms with van der Waals surface area (Å²) in [7, 11) is 0. The number of imidazole rings is 1. The van der Waals surface area contributed by atoms with Gasteiger partial charge in [-0.05, 0) is 18.4 Å². The van der Waals surface area contributed by atoms with Crippen LogP contribution in [0.25, 0.3) is 11.2 Å². The molecule has 0 fully saturated rings. The lowest BCUT2D eigenvalue weighted by atomic mass is 10.2. The third-order valence-corrected chi connectivity index (χ3v) is 4.57. The molecule has 0 radical (unpaired) electrons. The SMILES string of the molecule is CCCCn1cnc2c(NCc3ccccc3)nc(NC(CC)CO)nc21. The number of hydrogen-bond donors (Lipinski definition) is 3. The minimum absolute atomic E-state index is 0.0414. The molecule has 7 heteroatoms. The molecule has 0 saturated carbocycles. The Kier molecular flexibility index (Phi) is 6.59. The summed E-state index contributed by atoms with van der Waals surface area (Å²) in [5, 5.41) is 16.1. The van der Waals surface area contributed by atoms with Crippen molar-refractivity contribution < 1.29 is 5.11 Å². The molecule has 1 atom stereocenters. The van der Waals surface area contributed by atoms with Gasteiger partial charge in [-0.2, -0.15) is 9.97 Å². The van der Waals surface area contributed by atoms with Crippen molar-refractivity contribution in [3.8, 4) is 0 Å². The fourth-order valence-electron chi connectivity index (χ4n) is 2.87. The standard InChI is InChI=1S/C20H28N6O/c1-3-5-11-26-14-22-17-18(21-12-15-9-7-6-8-10-15)24-20(25-19(17)26)23-16(4-2)13-27/h6-10,14,16,27H,3-5,11-13H2,1-2H3,(H2,21,23,24,25). The van der Waals surface area contributed by atoms with E-state index in [-0.39, 0.29) is 12.6 Å². The van der Waals surface area contributed by atoms with Crippen molar-refractivity contribution in [2.24, 2.45) is 0 Å². The van der Waals surface area contributed by atoms with Gasteiger partial charge in [0.05, 0.1) is 19.0 Å². The molecule has 0 amide bonds. The molecule has 0 bridgehead atoms. The first-order chi connectivity index (χ1) is 13.2. The number of rotatable bonds is 10. The van der Waals surface area contributed by atoms with Crippen LogP contribution >= 0.6 is 0 Å². The molecule has 0 saturated heterocycles. The second kappa shape index (κ2) is 9.32. The van der Waals surface area contributed by atoms with Crippen LogP contribution in [0, 0.1) is 0 Å². The topological polar surface area (TPSA) is 87.9 Å². The Morgan fingerprint density at radius 2 is 1.96 bits per heavy atom. The maximum absolute atomic E-state index is 9.50. The first-order valence-electron chi connectivity index (χ1n) is 9.63. The highest BCUT2D eigenvalue weighted by molar-refractivity contribution is 5.84. The summed E-state index contributed by atoms with van der Waals surface area (Å²) >= 11 is 0. The quantitative estimate of drug-likeness (QED) is 0.508. The predicted molar refractivity (Wildman–Crippen MR) is 109 cm³/mol. The number of nitrogens with one attached hydrogen (secondary N) is 2. The molecule has 0 aliphatic rings. The van der Waals surface area contributed by atoms with E-state index in [9.17, 15) is 5.11 Å². The number of aromatic nitrogens is 4. The Bertz CT molecular complexity index is 844. The summed E-state index contributed by atoms with van der Waals surface area (Å²) in [6.07, 6.45) is 4.80. The summed E-state index contributed by atoms with van der Waals surface area (Å²) in [5.41, 5.74) is 2.75. The van der Waals surface area contributed by atoms with Crippen molar-refractivity contribution in [1.82, 2.24) is 19.5 Å². The monoisotopic (exact) mass is 368 g/mol. The molecule has 3 rings (SSSR count). The molecule has 3 N–H and O–H groups in total. The van der Waals surface area contributed by atoms with Gasteiger partial charge < -0.3 is 20.3 Å². The van der Waals surface area contributed by atoms with Gasteiger partial charge in [0, 0.05) is 13.1 Å². The summed E-state index contributed by atoms with van der Waals surface area (Å²) in [6, 6.07) is 10.1. The number of benzene rings is 1. The van der Waals surface area contributed by atoms with Crippen LogP contribution in [0.4, 0.5) is 11.8 Å². The fourth-order valence-corrected chi connectivity index (χ4v) is 2.87. The number of aliphatic hydroxyl groups is 1. The number of aryl methyl sites for hydroxylation is 1. The second-order valence-electron chi connectivity index (χ2n) is 6.63. The zero-order valence-electron chi connectivity index (χ0n) is 16.0. The molecule has 0 spiro atoms. The van der Waals surface area contributed by atoms with Gasteiger partial charge in [-0.3, -0.25) is 0 Å². The van der Waals surface area contributed by atoms with Crippen molar-refractivity contribution in [2.75, 3.05) is 17.2 Å². The lowest BCUT2D eigenvalue weighted by Gasteiger charge is -2.15. The number of hydrogen-bond acceptors (Lipinski definition) is 6. The van der Waals surface area contributed by atoms with Crippen LogP contribution in [0.1, 0.15) is 38.7 Å². The summed E-state index contributed by atoms with van der Waals surface area (Å²) < 4.78 is 2.07. The van der Waals surface area contributed by atoms with Crippen molar-refractivity contribution in [1.29, 1.82) is 0 Å². The molecule has 2 aromatic heterocycles. The Hall–Kier alpha value is -2.67. The van der Waals surface area contributed by atoms with E-state index >= 15 is 0 Å². The van der Waals surface area contributed by atoms with E-state index in [2.05, 4.69) is 49.2 Å². The molecule has 0 aliphatic heterocycles. The molecular formula is C20H28N6O. The van der Waals surface area contributed by atoms with Gasteiger partial charge in [-0.25, -0.2) is 4.98 Å². The minimum atomic E-state index is -0.0727. The van der Waals surface area contributed by atoms with Gasteiger partial charge in [-0.15, -0.1) is 0 Å². The van der Waals surface area contributed by atoms with Gasteiger partial charge in [0.25, 0.3) is 0 Å². The Morgan fingerprint density at radius 3 is 2.67 bits per heavy atom. The molecule has 1 aromatic carbocycles. The maximum atomic E-state index is 9.50. The molecule has 2 heterocycles. The molecule has 144 valence electrons. The van der Waals surface area contributed by atoms with E-state index < -0.39 is 0 Å². The van der Waals surface area contributed by atoms with Crippen molar-refractivity contribution >= 4 is 22.9 Å². The van der Waals surface area contributed by atoms with Gasteiger partial charge in [-0.1, -0.05) is 50.6 Å². The highest BCUT2D eigenvalue weighted by atomic mass is 16.3. The van der Waals surface area contributed by atoms with Gasteiger partial charge in [0.1, 0.15) is 0 Å². The van der Waals surface area contributed by atoms with Crippen molar-refractivity contribution in [3.05, 3.63) is 42.2 Å². The van der Waals surface area contributed by atoms with E-state index in [0.29, 0.717) is 18.3 Å². The Balaban J connectivity index is 1.92. The normalized spacial score (nSPS) is 12.3. The molecular weight excluding hydrogens is 340 g/mol. The number of unbranched alkanes of at least 4 members (excludes halogenated alkanes) is 1. The number of nitrogens with zero attached hydrogens (tertiary/aromatic N) is 4. The zero-order chi connectivity index (χ0) is 19.1. The summed E-state index contributed by atoms with van der Waals surface area (Å²) in [4.78, 5) is 13.8. The van der Waals surface area contributed by atoms with E-state index in [0.717, 1.165) is 37.0 Å². The van der Waals surface area contributed by atoms with Gasteiger partial charge in [0.2, 0.25) is 5.95 Å². The van der Waals surface area contributed by atoms with E-state index in [4.69, 9.17) is 0 Å². The smallest absolute Gasteiger partial charge is 0.227 e. The van der Waals surface area contributed by atoms with Gasteiger partial charge in [0.15, 0.2) is 17.0 Å². The lowest BCUT2D eigenvalue weighted by molar-refractivity contribution is 0.271. The molecule has 27 heavy (non-hydrogen) atoms.